The fourth-order valence-corrected chi connectivity index (χ4v) is 1.66. The molecule has 0 aliphatic carbocycles. The van der Waals surface area contributed by atoms with Crippen LogP contribution in [-0.4, -0.2) is 21.5 Å². The van der Waals surface area contributed by atoms with Crippen molar-refractivity contribution in [3.63, 3.8) is 0 Å². The van der Waals surface area contributed by atoms with Crippen molar-refractivity contribution < 1.29 is 9.59 Å². The number of aromatic nitrogens is 2. The summed E-state index contributed by atoms with van der Waals surface area (Å²) in [6.07, 6.45) is 1.43. The van der Waals surface area contributed by atoms with E-state index in [0.717, 1.165) is 0 Å². The molecule has 0 bridgehead atoms. The van der Waals surface area contributed by atoms with Gasteiger partial charge in [-0.25, -0.2) is 4.68 Å². The third-order valence-electron chi connectivity index (χ3n) is 2.60. The van der Waals surface area contributed by atoms with Crippen LogP contribution in [-0.2, 0) is 0 Å². The summed E-state index contributed by atoms with van der Waals surface area (Å²) in [6.45, 7) is 3.17. The minimum absolute atomic E-state index is 0.0883. The Morgan fingerprint density at radius 1 is 1.18 bits per heavy atom. The van der Waals surface area contributed by atoms with E-state index in [1.807, 2.05) is 6.07 Å². The summed E-state index contributed by atoms with van der Waals surface area (Å²) < 4.78 is 1.26. The van der Waals surface area contributed by atoms with E-state index in [1.54, 1.807) is 31.2 Å². The molecule has 0 fully saturated rings. The Hall–Kier alpha value is -2.23. The highest BCUT2D eigenvalue weighted by Crippen LogP contribution is 2.10. The molecule has 0 spiro atoms. The summed E-state index contributed by atoms with van der Waals surface area (Å²) in [5, 5.41) is 3.96. The van der Waals surface area contributed by atoms with Gasteiger partial charge in [-0.15, -0.1) is 0 Å². The van der Waals surface area contributed by atoms with Crippen LogP contribution >= 0.6 is 0 Å². The zero-order chi connectivity index (χ0) is 12.4. The van der Waals surface area contributed by atoms with E-state index in [1.165, 1.54) is 17.8 Å². The molecule has 1 heterocycles. The summed E-state index contributed by atoms with van der Waals surface area (Å²) in [5.74, 6) is -0.315. The number of rotatable bonds is 2. The number of Topliss-reactive ketones (excluding diaryl/α,β-unsaturated/α-hetero) is 1. The lowest BCUT2D eigenvalue weighted by Gasteiger charge is -2.03. The smallest absolute Gasteiger partial charge is 0.278 e. The molecule has 2 aromatic rings. The highest BCUT2D eigenvalue weighted by molar-refractivity contribution is 5.99. The van der Waals surface area contributed by atoms with Gasteiger partial charge in [0.2, 0.25) is 0 Å². The Kier molecular flexibility index (Phi) is 2.87. The number of carbonyl (C=O) groups excluding carboxylic acids is 2. The van der Waals surface area contributed by atoms with E-state index in [-0.39, 0.29) is 11.7 Å². The maximum Gasteiger partial charge on any atom is 0.278 e. The van der Waals surface area contributed by atoms with Gasteiger partial charge in [-0.3, -0.25) is 9.59 Å². The van der Waals surface area contributed by atoms with Crippen molar-refractivity contribution in [2.24, 2.45) is 0 Å². The lowest BCUT2D eigenvalue weighted by molar-refractivity contribution is 0.0943. The van der Waals surface area contributed by atoms with E-state index >= 15 is 0 Å². The van der Waals surface area contributed by atoms with Crippen LogP contribution in [0.5, 0.6) is 0 Å². The molecule has 0 saturated carbocycles. The van der Waals surface area contributed by atoms with Crippen molar-refractivity contribution in [3.05, 3.63) is 53.3 Å². The summed E-state index contributed by atoms with van der Waals surface area (Å²) in [5.41, 5.74) is 1.61. The van der Waals surface area contributed by atoms with Gasteiger partial charge in [0.1, 0.15) is 0 Å². The Labute approximate surface area is 98.9 Å². The van der Waals surface area contributed by atoms with Gasteiger partial charge >= 0.3 is 0 Å². The van der Waals surface area contributed by atoms with Crippen LogP contribution in [0.25, 0.3) is 0 Å². The molecule has 0 N–H and O–H groups in total. The third-order valence-corrected chi connectivity index (χ3v) is 2.60. The van der Waals surface area contributed by atoms with Crippen LogP contribution in [0.1, 0.15) is 33.3 Å². The van der Waals surface area contributed by atoms with Crippen molar-refractivity contribution in [3.8, 4) is 0 Å². The molecule has 0 atom stereocenters. The monoisotopic (exact) mass is 228 g/mol. The second-order valence-electron chi connectivity index (χ2n) is 3.78. The third kappa shape index (κ3) is 2.01. The number of nitrogens with zero attached hydrogens (tertiary/aromatic N) is 2. The highest BCUT2D eigenvalue weighted by Gasteiger charge is 2.16. The maximum atomic E-state index is 12.1. The minimum atomic E-state index is -0.226. The first-order chi connectivity index (χ1) is 8.11. The van der Waals surface area contributed by atoms with Crippen molar-refractivity contribution in [2.75, 3.05) is 0 Å². The molecule has 2 rings (SSSR count). The van der Waals surface area contributed by atoms with Crippen LogP contribution < -0.4 is 0 Å². The molecule has 4 heteroatoms. The van der Waals surface area contributed by atoms with Crippen molar-refractivity contribution in [1.82, 2.24) is 9.78 Å². The standard InChI is InChI=1S/C13H12N2O2/c1-9-12(10(2)16)8-14-15(9)13(17)11-6-4-3-5-7-11/h3-8H,1-2H3. The molecule has 0 radical (unpaired) electrons. The lowest BCUT2D eigenvalue weighted by Crippen LogP contribution is -2.15. The fraction of sp³-hybridized carbons (Fsp3) is 0.154. The van der Waals surface area contributed by atoms with Crippen LogP contribution in [0, 0.1) is 6.92 Å². The summed E-state index contributed by atoms with van der Waals surface area (Å²) in [4.78, 5) is 23.4. The Morgan fingerprint density at radius 3 is 2.35 bits per heavy atom. The molecular weight excluding hydrogens is 216 g/mol. The highest BCUT2D eigenvalue weighted by atomic mass is 16.2. The predicted molar refractivity (Wildman–Crippen MR) is 63.1 cm³/mol. The minimum Gasteiger partial charge on any atom is -0.294 e. The normalized spacial score (nSPS) is 10.2. The van der Waals surface area contributed by atoms with Gasteiger partial charge in [0.15, 0.2) is 5.78 Å². The van der Waals surface area contributed by atoms with E-state index in [0.29, 0.717) is 16.8 Å². The predicted octanol–water partition coefficient (Wildman–Crippen LogP) is 2.08. The van der Waals surface area contributed by atoms with E-state index < -0.39 is 0 Å². The van der Waals surface area contributed by atoms with Gasteiger partial charge in [0.05, 0.1) is 17.5 Å². The molecule has 0 unspecified atom stereocenters. The van der Waals surface area contributed by atoms with Gasteiger partial charge < -0.3 is 0 Å². The zero-order valence-corrected chi connectivity index (χ0v) is 9.68. The van der Waals surface area contributed by atoms with Gasteiger partial charge in [0, 0.05) is 5.56 Å². The SMILES string of the molecule is CC(=O)c1cnn(C(=O)c2ccccc2)c1C. The topological polar surface area (TPSA) is 52.0 Å². The largest absolute Gasteiger partial charge is 0.294 e. The number of carbonyl (C=O) groups is 2. The molecule has 0 aliphatic heterocycles. The molecule has 4 nitrogen and oxygen atoms in total. The Bertz CT molecular complexity index is 570. The molecule has 86 valence electrons. The Morgan fingerprint density at radius 2 is 1.82 bits per heavy atom. The summed E-state index contributed by atoms with van der Waals surface area (Å²) >= 11 is 0. The fourth-order valence-electron chi connectivity index (χ4n) is 1.66. The quantitative estimate of drug-likeness (QED) is 0.739. The van der Waals surface area contributed by atoms with E-state index in [9.17, 15) is 9.59 Å². The summed E-state index contributed by atoms with van der Waals surface area (Å²) in [7, 11) is 0. The van der Waals surface area contributed by atoms with Gasteiger partial charge in [-0.05, 0) is 26.0 Å². The van der Waals surface area contributed by atoms with Gasteiger partial charge in [-0.1, -0.05) is 18.2 Å². The Balaban J connectivity index is 2.42. The molecule has 0 saturated heterocycles. The first-order valence-electron chi connectivity index (χ1n) is 5.26. The first kappa shape index (κ1) is 11.3. The number of benzene rings is 1. The van der Waals surface area contributed by atoms with Crippen molar-refractivity contribution in [2.45, 2.75) is 13.8 Å². The average molecular weight is 228 g/mol. The summed E-state index contributed by atoms with van der Waals surface area (Å²) in [6, 6.07) is 8.86. The van der Waals surface area contributed by atoms with Crippen LogP contribution in [0.15, 0.2) is 36.5 Å². The van der Waals surface area contributed by atoms with Crippen LogP contribution in [0.4, 0.5) is 0 Å². The molecular formula is C13H12N2O2. The molecule has 17 heavy (non-hydrogen) atoms. The van der Waals surface area contributed by atoms with Crippen molar-refractivity contribution >= 4 is 11.7 Å². The lowest BCUT2D eigenvalue weighted by atomic mass is 10.2. The van der Waals surface area contributed by atoms with E-state index in [2.05, 4.69) is 5.10 Å². The van der Waals surface area contributed by atoms with Gasteiger partial charge in [0.25, 0.3) is 5.91 Å². The van der Waals surface area contributed by atoms with Crippen LogP contribution in [0.2, 0.25) is 0 Å². The number of ketones is 1. The first-order valence-corrected chi connectivity index (χ1v) is 5.26. The van der Waals surface area contributed by atoms with E-state index in [4.69, 9.17) is 0 Å². The average Bonchev–Trinajstić information content (AvgIpc) is 2.71. The van der Waals surface area contributed by atoms with Crippen LogP contribution in [0.3, 0.4) is 0 Å². The second-order valence-corrected chi connectivity index (χ2v) is 3.78. The second kappa shape index (κ2) is 4.33. The molecule has 0 amide bonds. The number of hydrogen-bond acceptors (Lipinski definition) is 3. The maximum absolute atomic E-state index is 12.1. The molecule has 0 aliphatic rings. The van der Waals surface area contributed by atoms with Gasteiger partial charge in [-0.2, -0.15) is 5.10 Å². The zero-order valence-electron chi connectivity index (χ0n) is 9.68. The van der Waals surface area contributed by atoms with Crippen molar-refractivity contribution in [1.29, 1.82) is 0 Å². The molecule has 1 aromatic heterocycles. The number of hydrogen-bond donors (Lipinski definition) is 0. The molecule has 1 aromatic carbocycles.